The van der Waals surface area contributed by atoms with Crippen molar-refractivity contribution in [3.05, 3.63) is 30.3 Å². The van der Waals surface area contributed by atoms with Gasteiger partial charge in [0.25, 0.3) is 0 Å². The third kappa shape index (κ3) is 5.12. The van der Waals surface area contributed by atoms with E-state index in [4.69, 9.17) is 0 Å². The van der Waals surface area contributed by atoms with Gasteiger partial charge in [-0.3, -0.25) is 0 Å². The summed E-state index contributed by atoms with van der Waals surface area (Å²) < 4.78 is 0. The van der Waals surface area contributed by atoms with Gasteiger partial charge in [0.1, 0.15) is 0 Å². The van der Waals surface area contributed by atoms with E-state index in [1.165, 1.54) is 50.8 Å². The Labute approximate surface area is 113 Å². The van der Waals surface area contributed by atoms with Gasteiger partial charge < -0.3 is 4.90 Å². The van der Waals surface area contributed by atoms with E-state index in [0.717, 1.165) is 0 Å². The molecule has 0 saturated heterocycles. The topological polar surface area (TPSA) is 3.24 Å². The molecule has 0 aromatic heterocycles. The van der Waals surface area contributed by atoms with Crippen LogP contribution in [0.25, 0.3) is 0 Å². The number of rotatable bonds is 9. The maximum Gasteiger partial charge on any atom is 0.0368 e. The van der Waals surface area contributed by atoms with Crippen molar-refractivity contribution < 1.29 is 0 Å². The minimum Gasteiger partial charge on any atom is -0.369 e. The Morgan fingerprint density at radius 2 is 1.61 bits per heavy atom. The van der Waals surface area contributed by atoms with Crippen LogP contribution in [0.4, 0.5) is 5.69 Å². The zero-order valence-electron chi connectivity index (χ0n) is 12.4. The van der Waals surface area contributed by atoms with E-state index in [1.807, 2.05) is 0 Å². The molecule has 0 N–H and O–H groups in total. The van der Waals surface area contributed by atoms with Gasteiger partial charge in [0.05, 0.1) is 0 Å². The Balaban J connectivity index is 2.47. The fraction of sp³-hybridized carbons (Fsp3) is 0.647. The molecule has 1 aromatic carbocycles. The Kier molecular flexibility index (Phi) is 7.55. The summed E-state index contributed by atoms with van der Waals surface area (Å²) in [4.78, 5) is 2.56. The first-order valence-corrected chi connectivity index (χ1v) is 7.61. The molecule has 0 saturated carbocycles. The Bertz CT molecular complexity index is 294. The van der Waals surface area contributed by atoms with Crippen LogP contribution in [0.5, 0.6) is 0 Å². The molecule has 0 radical (unpaired) electrons. The van der Waals surface area contributed by atoms with Crippen molar-refractivity contribution in [3.8, 4) is 0 Å². The SMILES string of the molecule is CCCCCCCN(c1ccccc1)C(C)CC. The summed E-state index contributed by atoms with van der Waals surface area (Å²) in [5.41, 5.74) is 1.38. The third-order valence-corrected chi connectivity index (χ3v) is 3.71. The van der Waals surface area contributed by atoms with Crippen molar-refractivity contribution >= 4 is 5.69 Å². The van der Waals surface area contributed by atoms with E-state index < -0.39 is 0 Å². The first kappa shape index (κ1) is 15.1. The smallest absolute Gasteiger partial charge is 0.0368 e. The van der Waals surface area contributed by atoms with Crippen molar-refractivity contribution in [1.82, 2.24) is 0 Å². The van der Waals surface area contributed by atoms with Gasteiger partial charge in [0.2, 0.25) is 0 Å². The first-order chi connectivity index (χ1) is 8.79. The summed E-state index contributed by atoms with van der Waals surface area (Å²) in [5, 5.41) is 0. The number of hydrogen-bond acceptors (Lipinski definition) is 1. The van der Waals surface area contributed by atoms with E-state index in [1.54, 1.807) is 0 Å². The standard InChI is InChI=1S/C17H29N/c1-4-6-7-8-12-15-18(16(3)5-2)17-13-10-9-11-14-17/h9-11,13-14,16H,4-8,12,15H2,1-3H3. The molecule has 1 nitrogen and oxygen atoms in total. The van der Waals surface area contributed by atoms with Crippen molar-refractivity contribution in [1.29, 1.82) is 0 Å². The molecule has 0 heterocycles. The highest BCUT2D eigenvalue weighted by Gasteiger charge is 2.11. The average Bonchev–Trinajstić information content (AvgIpc) is 2.43. The second-order valence-corrected chi connectivity index (χ2v) is 5.20. The normalized spacial score (nSPS) is 12.4. The highest BCUT2D eigenvalue weighted by Crippen LogP contribution is 2.19. The summed E-state index contributed by atoms with van der Waals surface area (Å²) >= 11 is 0. The van der Waals surface area contributed by atoms with Gasteiger partial charge in [0, 0.05) is 18.3 Å². The molecule has 0 aliphatic heterocycles. The number of nitrogens with zero attached hydrogens (tertiary/aromatic N) is 1. The maximum absolute atomic E-state index is 2.56. The number of unbranched alkanes of at least 4 members (excludes halogenated alkanes) is 4. The lowest BCUT2D eigenvalue weighted by Gasteiger charge is -2.31. The molecule has 1 rings (SSSR count). The van der Waals surface area contributed by atoms with Crippen LogP contribution in [0, 0.1) is 0 Å². The minimum atomic E-state index is 0.638. The van der Waals surface area contributed by atoms with Gasteiger partial charge in [0.15, 0.2) is 0 Å². The Morgan fingerprint density at radius 3 is 2.22 bits per heavy atom. The van der Waals surface area contributed by atoms with Gasteiger partial charge in [-0.1, -0.05) is 57.7 Å². The van der Waals surface area contributed by atoms with E-state index >= 15 is 0 Å². The molecule has 1 atom stereocenters. The molecular weight excluding hydrogens is 218 g/mol. The van der Waals surface area contributed by atoms with Crippen LogP contribution in [0.3, 0.4) is 0 Å². The monoisotopic (exact) mass is 247 g/mol. The van der Waals surface area contributed by atoms with E-state index in [-0.39, 0.29) is 0 Å². The van der Waals surface area contributed by atoms with Crippen molar-refractivity contribution in [2.24, 2.45) is 0 Å². The van der Waals surface area contributed by atoms with E-state index in [0.29, 0.717) is 6.04 Å². The highest BCUT2D eigenvalue weighted by molar-refractivity contribution is 5.46. The molecule has 1 unspecified atom stereocenters. The molecule has 0 amide bonds. The fourth-order valence-corrected chi connectivity index (χ4v) is 2.33. The largest absolute Gasteiger partial charge is 0.369 e. The summed E-state index contributed by atoms with van der Waals surface area (Å²) in [6.45, 7) is 8.08. The zero-order chi connectivity index (χ0) is 13.2. The number of benzene rings is 1. The van der Waals surface area contributed by atoms with Crippen LogP contribution in [0.1, 0.15) is 59.3 Å². The summed E-state index contributed by atoms with van der Waals surface area (Å²) in [5.74, 6) is 0. The first-order valence-electron chi connectivity index (χ1n) is 7.61. The fourth-order valence-electron chi connectivity index (χ4n) is 2.33. The number of anilines is 1. The zero-order valence-corrected chi connectivity index (χ0v) is 12.4. The predicted octanol–water partition coefficient (Wildman–Crippen LogP) is 5.26. The molecular formula is C17H29N. The van der Waals surface area contributed by atoms with Gasteiger partial charge in [-0.25, -0.2) is 0 Å². The predicted molar refractivity (Wildman–Crippen MR) is 82.3 cm³/mol. The van der Waals surface area contributed by atoms with Crippen molar-refractivity contribution in [2.45, 2.75) is 65.3 Å². The molecule has 0 bridgehead atoms. The van der Waals surface area contributed by atoms with E-state index in [2.05, 4.69) is 56.0 Å². The minimum absolute atomic E-state index is 0.638. The number of hydrogen-bond donors (Lipinski definition) is 0. The lowest BCUT2D eigenvalue weighted by Crippen LogP contribution is -2.33. The van der Waals surface area contributed by atoms with Crippen LogP contribution < -0.4 is 4.90 Å². The van der Waals surface area contributed by atoms with Gasteiger partial charge >= 0.3 is 0 Å². The van der Waals surface area contributed by atoms with Crippen LogP contribution in [0.2, 0.25) is 0 Å². The quantitative estimate of drug-likeness (QED) is 0.538. The summed E-state index contributed by atoms with van der Waals surface area (Å²) in [6, 6.07) is 11.5. The molecule has 0 aliphatic carbocycles. The van der Waals surface area contributed by atoms with Crippen LogP contribution >= 0.6 is 0 Å². The molecule has 1 aromatic rings. The van der Waals surface area contributed by atoms with E-state index in [9.17, 15) is 0 Å². The molecule has 0 fully saturated rings. The Hall–Kier alpha value is -0.980. The van der Waals surface area contributed by atoms with Gasteiger partial charge in [-0.2, -0.15) is 0 Å². The Morgan fingerprint density at radius 1 is 0.944 bits per heavy atom. The second-order valence-electron chi connectivity index (χ2n) is 5.20. The molecule has 0 spiro atoms. The van der Waals surface area contributed by atoms with Gasteiger partial charge in [-0.05, 0) is 31.9 Å². The van der Waals surface area contributed by atoms with Crippen molar-refractivity contribution in [2.75, 3.05) is 11.4 Å². The molecule has 0 aliphatic rings. The molecule has 18 heavy (non-hydrogen) atoms. The second kappa shape index (κ2) is 9.02. The number of para-hydroxylation sites is 1. The molecule has 1 heteroatoms. The third-order valence-electron chi connectivity index (χ3n) is 3.71. The van der Waals surface area contributed by atoms with Crippen LogP contribution in [0.15, 0.2) is 30.3 Å². The summed E-state index contributed by atoms with van der Waals surface area (Å²) in [7, 11) is 0. The molecule has 102 valence electrons. The van der Waals surface area contributed by atoms with Gasteiger partial charge in [-0.15, -0.1) is 0 Å². The summed E-state index contributed by atoms with van der Waals surface area (Å²) in [6.07, 6.45) is 8.00. The van der Waals surface area contributed by atoms with Crippen molar-refractivity contribution in [3.63, 3.8) is 0 Å². The van der Waals surface area contributed by atoms with Crippen LogP contribution in [-0.4, -0.2) is 12.6 Å². The lowest BCUT2D eigenvalue weighted by molar-refractivity contribution is 0.568. The maximum atomic E-state index is 2.56. The average molecular weight is 247 g/mol. The van der Waals surface area contributed by atoms with Crippen LogP contribution in [-0.2, 0) is 0 Å². The highest BCUT2D eigenvalue weighted by atomic mass is 15.2. The lowest BCUT2D eigenvalue weighted by atomic mass is 10.1.